The van der Waals surface area contributed by atoms with Gasteiger partial charge in [0.05, 0.1) is 11.8 Å². The van der Waals surface area contributed by atoms with Crippen LogP contribution in [-0.2, 0) is 0 Å². The summed E-state index contributed by atoms with van der Waals surface area (Å²) in [5, 5.41) is 17.5. The van der Waals surface area contributed by atoms with Crippen LogP contribution < -0.4 is 4.74 Å². The molecule has 1 aromatic heterocycles. The van der Waals surface area contributed by atoms with E-state index in [1.165, 1.54) is 12.3 Å². The minimum Gasteiger partial charge on any atom is -0.478 e. The van der Waals surface area contributed by atoms with E-state index in [9.17, 15) is 23.1 Å². The first-order chi connectivity index (χ1) is 12.7. The highest BCUT2D eigenvalue weighted by Crippen LogP contribution is 2.32. The third kappa shape index (κ3) is 3.84. The minimum absolute atomic E-state index is 0.145. The third-order valence-corrected chi connectivity index (χ3v) is 4.17. The van der Waals surface area contributed by atoms with Crippen molar-refractivity contribution < 1.29 is 27.8 Å². The zero-order chi connectivity index (χ0) is 19.8. The summed E-state index contributed by atoms with van der Waals surface area (Å²) in [6.45, 7) is 2.74. The molecule has 5 nitrogen and oxygen atoms in total. The summed E-state index contributed by atoms with van der Waals surface area (Å²) in [6.07, 6.45) is -5.12. The first-order valence-electron chi connectivity index (χ1n) is 8.00. The highest BCUT2D eigenvalue weighted by atomic mass is 19.4. The number of aromatic carboxylic acids is 1. The summed E-state index contributed by atoms with van der Waals surface area (Å²) in [6, 6.07) is 9.75. The molecule has 1 atom stereocenters. The standard InChI is InChI=1S/C19H15F3N2O3/c1-10-3-4-13(18(25)26)8-16(10)12-5-6-15-14(7-12)9-23-24-17(15)27-11(2)19(20,21)22/h3-9,11H,1-2H3,(H,25,26)/t11-/m1/s1. The Morgan fingerprint density at radius 2 is 1.93 bits per heavy atom. The van der Waals surface area contributed by atoms with E-state index < -0.39 is 18.2 Å². The van der Waals surface area contributed by atoms with Crippen LogP contribution in [0.1, 0.15) is 22.8 Å². The second kappa shape index (κ2) is 6.86. The number of carboxylic acids is 1. The highest BCUT2D eigenvalue weighted by molar-refractivity contribution is 5.93. The number of nitrogens with zero attached hydrogens (tertiary/aromatic N) is 2. The number of ether oxygens (including phenoxy) is 1. The molecule has 0 unspecified atom stereocenters. The summed E-state index contributed by atoms with van der Waals surface area (Å²) < 4.78 is 43.2. The molecule has 2 aromatic carbocycles. The Balaban J connectivity index is 2.05. The Labute approximate surface area is 152 Å². The van der Waals surface area contributed by atoms with Crippen molar-refractivity contribution in [1.29, 1.82) is 0 Å². The van der Waals surface area contributed by atoms with Crippen LogP contribution >= 0.6 is 0 Å². The molecular weight excluding hydrogens is 361 g/mol. The molecule has 3 aromatic rings. The molecule has 0 bridgehead atoms. The van der Waals surface area contributed by atoms with Crippen molar-refractivity contribution in [3.63, 3.8) is 0 Å². The van der Waals surface area contributed by atoms with E-state index in [-0.39, 0.29) is 11.4 Å². The third-order valence-electron chi connectivity index (χ3n) is 4.17. The highest BCUT2D eigenvalue weighted by Gasteiger charge is 2.38. The van der Waals surface area contributed by atoms with E-state index in [4.69, 9.17) is 4.74 Å². The van der Waals surface area contributed by atoms with Crippen molar-refractivity contribution >= 4 is 16.7 Å². The van der Waals surface area contributed by atoms with Gasteiger partial charge in [-0.15, -0.1) is 5.10 Å². The lowest BCUT2D eigenvalue weighted by atomic mass is 9.96. The number of aryl methyl sites for hydroxylation is 1. The zero-order valence-corrected chi connectivity index (χ0v) is 14.4. The van der Waals surface area contributed by atoms with E-state index in [0.717, 1.165) is 12.5 Å². The van der Waals surface area contributed by atoms with Crippen molar-refractivity contribution in [1.82, 2.24) is 10.2 Å². The smallest absolute Gasteiger partial charge is 0.425 e. The Morgan fingerprint density at radius 3 is 2.59 bits per heavy atom. The molecule has 140 valence electrons. The maximum absolute atomic E-state index is 12.7. The van der Waals surface area contributed by atoms with Crippen LogP contribution in [0.3, 0.4) is 0 Å². The molecule has 0 aliphatic rings. The zero-order valence-electron chi connectivity index (χ0n) is 14.4. The molecule has 0 saturated heterocycles. The number of halogens is 3. The maximum atomic E-state index is 12.7. The van der Waals surface area contributed by atoms with Gasteiger partial charge in [0.15, 0.2) is 6.10 Å². The monoisotopic (exact) mass is 376 g/mol. The molecule has 0 spiro atoms. The fourth-order valence-corrected chi connectivity index (χ4v) is 2.62. The first kappa shape index (κ1) is 18.6. The van der Waals surface area contributed by atoms with Gasteiger partial charge in [0, 0.05) is 10.8 Å². The van der Waals surface area contributed by atoms with Gasteiger partial charge in [-0.05, 0) is 54.8 Å². The Hall–Kier alpha value is -3.16. The largest absolute Gasteiger partial charge is 0.478 e. The van der Waals surface area contributed by atoms with Crippen LogP contribution in [0, 0.1) is 6.92 Å². The van der Waals surface area contributed by atoms with Gasteiger partial charge < -0.3 is 9.84 Å². The number of fused-ring (bicyclic) bond motifs is 1. The summed E-state index contributed by atoms with van der Waals surface area (Å²) in [5.41, 5.74) is 2.43. The summed E-state index contributed by atoms with van der Waals surface area (Å²) in [4.78, 5) is 11.2. The number of rotatable bonds is 4. The number of carboxylic acid groups (broad SMARTS) is 1. The van der Waals surface area contributed by atoms with Crippen LogP contribution in [0.15, 0.2) is 42.6 Å². The molecular formula is C19H15F3N2O3. The lowest BCUT2D eigenvalue weighted by molar-refractivity contribution is -0.189. The van der Waals surface area contributed by atoms with Gasteiger partial charge in [-0.1, -0.05) is 12.1 Å². The van der Waals surface area contributed by atoms with Gasteiger partial charge in [0.1, 0.15) is 0 Å². The normalized spacial score (nSPS) is 12.8. The quantitative estimate of drug-likeness (QED) is 0.719. The van der Waals surface area contributed by atoms with E-state index >= 15 is 0 Å². The fraction of sp³-hybridized carbons (Fsp3) is 0.211. The summed E-state index contributed by atoms with van der Waals surface area (Å²) in [7, 11) is 0. The second-order valence-electron chi connectivity index (χ2n) is 6.09. The number of benzene rings is 2. The van der Waals surface area contributed by atoms with Crippen LogP contribution in [0.2, 0.25) is 0 Å². The lowest BCUT2D eigenvalue weighted by Crippen LogP contribution is -2.31. The number of carbonyl (C=O) groups is 1. The van der Waals surface area contributed by atoms with E-state index in [1.807, 2.05) is 6.92 Å². The van der Waals surface area contributed by atoms with Crippen LogP contribution in [-0.4, -0.2) is 33.6 Å². The fourth-order valence-electron chi connectivity index (χ4n) is 2.62. The molecule has 0 aliphatic carbocycles. The predicted molar refractivity (Wildman–Crippen MR) is 92.8 cm³/mol. The SMILES string of the molecule is Cc1ccc(C(=O)O)cc1-c1ccc2c(O[C@H](C)C(F)(F)F)nncc2c1. The average molecular weight is 376 g/mol. The first-order valence-corrected chi connectivity index (χ1v) is 8.00. The molecule has 0 radical (unpaired) electrons. The van der Waals surface area contributed by atoms with Gasteiger partial charge in [-0.3, -0.25) is 0 Å². The number of alkyl halides is 3. The van der Waals surface area contributed by atoms with Crippen molar-refractivity contribution in [2.45, 2.75) is 26.1 Å². The van der Waals surface area contributed by atoms with E-state index in [0.29, 0.717) is 21.9 Å². The van der Waals surface area contributed by atoms with E-state index in [2.05, 4.69) is 10.2 Å². The molecule has 8 heteroatoms. The van der Waals surface area contributed by atoms with Crippen molar-refractivity contribution in [2.24, 2.45) is 0 Å². The van der Waals surface area contributed by atoms with Crippen LogP contribution in [0.4, 0.5) is 13.2 Å². The van der Waals surface area contributed by atoms with Crippen molar-refractivity contribution in [3.05, 3.63) is 53.7 Å². The lowest BCUT2D eigenvalue weighted by Gasteiger charge is -2.17. The summed E-state index contributed by atoms with van der Waals surface area (Å²) >= 11 is 0. The topological polar surface area (TPSA) is 72.3 Å². The Bertz CT molecular complexity index is 1020. The average Bonchev–Trinajstić information content (AvgIpc) is 2.61. The Morgan fingerprint density at radius 1 is 1.19 bits per heavy atom. The molecule has 1 N–H and O–H groups in total. The molecule has 27 heavy (non-hydrogen) atoms. The van der Waals surface area contributed by atoms with Crippen molar-refractivity contribution in [3.8, 4) is 17.0 Å². The van der Waals surface area contributed by atoms with Gasteiger partial charge >= 0.3 is 12.1 Å². The molecule has 0 amide bonds. The van der Waals surface area contributed by atoms with E-state index in [1.54, 1.807) is 30.3 Å². The number of hydrogen-bond acceptors (Lipinski definition) is 4. The number of hydrogen-bond donors (Lipinski definition) is 1. The predicted octanol–water partition coefficient (Wildman–Crippen LogP) is 4.63. The molecule has 0 saturated carbocycles. The van der Waals surface area contributed by atoms with Gasteiger partial charge in [-0.25, -0.2) is 4.79 Å². The molecule has 1 heterocycles. The maximum Gasteiger partial charge on any atom is 0.425 e. The van der Waals surface area contributed by atoms with Gasteiger partial charge in [0.2, 0.25) is 5.88 Å². The van der Waals surface area contributed by atoms with Gasteiger partial charge in [-0.2, -0.15) is 18.3 Å². The molecule has 0 aliphatic heterocycles. The number of aromatic nitrogens is 2. The molecule has 3 rings (SSSR count). The van der Waals surface area contributed by atoms with Crippen molar-refractivity contribution in [2.75, 3.05) is 0 Å². The summed E-state index contributed by atoms with van der Waals surface area (Å²) in [5.74, 6) is -1.25. The molecule has 0 fully saturated rings. The second-order valence-corrected chi connectivity index (χ2v) is 6.09. The minimum atomic E-state index is -4.52. The van der Waals surface area contributed by atoms with Crippen LogP contribution in [0.25, 0.3) is 21.9 Å². The van der Waals surface area contributed by atoms with Crippen LogP contribution in [0.5, 0.6) is 5.88 Å². The Kier molecular flexibility index (Phi) is 4.73. The van der Waals surface area contributed by atoms with Gasteiger partial charge in [0.25, 0.3) is 0 Å².